The van der Waals surface area contributed by atoms with Gasteiger partial charge in [0.15, 0.2) is 0 Å². The summed E-state index contributed by atoms with van der Waals surface area (Å²) in [7, 11) is 0. The molecule has 0 unspecified atom stereocenters. The van der Waals surface area contributed by atoms with Crippen molar-refractivity contribution in [3.05, 3.63) is 24.3 Å². The van der Waals surface area contributed by atoms with Crippen LogP contribution in [-0.4, -0.2) is 145 Å². The molecular formula is C28H50FNO11. The summed E-state index contributed by atoms with van der Waals surface area (Å²) in [6.45, 7) is 9.26. The van der Waals surface area contributed by atoms with Crippen LogP contribution in [0.5, 0.6) is 5.75 Å². The predicted molar refractivity (Wildman–Crippen MR) is 151 cm³/mol. The van der Waals surface area contributed by atoms with Crippen LogP contribution >= 0.6 is 0 Å². The summed E-state index contributed by atoms with van der Waals surface area (Å²) >= 11 is 0. The van der Waals surface area contributed by atoms with Gasteiger partial charge in [-0.1, -0.05) is 12.1 Å². The first-order chi connectivity index (χ1) is 20.3. The number of nitrogens with two attached hydrogens (primary N) is 1. The van der Waals surface area contributed by atoms with Gasteiger partial charge in [-0.2, -0.15) is 0 Å². The molecule has 0 aliphatic rings. The second-order valence-electron chi connectivity index (χ2n) is 8.20. The Morgan fingerprint density at radius 3 is 0.951 bits per heavy atom. The fourth-order valence-corrected chi connectivity index (χ4v) is 2.96. The largest absolute Gasteiger partial charge is 0.489 e. The molecule has 1 aromatic rings. The van der Waals surface area contributed by atoms with Crippen LogP contribution in [0.4, 0.5) is 10.1 Å². The van der Waals surface area contributed by atoms with Crippen molar-refractivity contribution >= 4 is 5.69 Å². The lowest BCUT2D eigenvalue weighted by atomic mass is 10.3. The van der Waals surface area contributed by atoms with Crippen molar-refractivity contribution < 1.29 is 56.5 Å². The molecule has 240 valence electrons. The molecule has 0 radical (unpaired) electrons. The third-order valence-corrected chi connectivity index (χ3v) is 4.97. The first-order valence-corrected chi connectivity index (χ1v) is 14.1. The molecule has 0 bridgehead atoms. The maximum Gasteiger partial charge on any atom is 0.142 e. The molecule has 1 aromatic carbocycles. The topological polar surface area (TPSA) is 128 Å². The maximum absolute atomic E-state index is 11.8. The van der Waals surface area contributed by atoms with E-state index in [1.54, 1.807) is 6.07 Å². The molecule has 0 heterocycles. The normalized spacial score (nSPS) is 11.3. The molecule has 0 atom stereocenters. The fourth-order valence-electron chi connectivity index (χ4n) is 2.96. The smallest absolute Gasteiger partial charge is 0.142 e. The molecule has 2 N–H and O–H groups in total. The van der Waals surface area contributed by atoms with Gasteiger partial charge in [0.1, 0.15) is 19.0 Å². The van der Waals surface area contributed by atoms with Gasteiger partial charge in [0.25, 0.3) is 0 Å². The second-order valence-corrected chi connectivity index (χ2v) is 8.20. The Kier molecular flexibility index (Phi) is 28.5. The molecule has 0 spiro atoms. The molecule has 0 saturated heterocycles. The van der Waals surface area contributed by atoms with Crippen LogP contribution < -0.4 is 10.5 Å². The molecule has 0 fully saturated rings. The van der Waals surface area contributed by atoms with E-state index in [1.807, 2.05) is 18.2 Å². The predicted octanol–water partition coefficient (Wildman–Crippen LogP) is 1.78. The SMILES string of the molecule is Nc1ccccc1OCCOCCOCCOCCOCCOCCOCCOCCOCCOCCOCCF. The molecule has 0 aromatic heterocycles. The van der Waals surface area contributed by atoms with Gasteiger partial charge < -0.3 is 57.8 Å². The van der Waals surface area contributed by atoms with Crippen molar-refractivity contribution in [3.8, 4) is 5.75 Å². The summed E-state index contributed by atoms with van der Waals surface area (Å²) in [5.41, 5.74) is 6.42. The third kappa shape index (κ3) is 27.0. The van der Waals surface area contributed by atoms with E-state index in [0.29, 0.717) is 144 Å². The van der Waals surface area contributed by atoms with Crippen LogP contribution in [0.3, 0.4) is 0 Å². The Morgan fingerprint density at radius 2 is 0.659 bits per heavy atom. The number of para-hydroxylation sites is 2. The first-order valence-electron chi connectivity index (χ1n) is 14.1. The van der Waals surface area contributed by atoms with Gasteiger partial charge in [0.05, 0.1) is 138 Å². The van der Waals surface area contributed by atoms with Gasteiger partial charge in [-0.15, -0.1) is 0 Å². The van der Waals surface area contributed by atoms with E-state index < -0.39 is 6.67 Å². The molecule has 13 heteroatoms. The van der Waals surface area contributed by atoms with Crippen molar-refractivity contribution in [1.82, 2.24) is 0 Å². The van der Waals surface area contributed by atoms with Crippen molar-refractivity contribution in [1.29, 1.82) is 0 Å². The Balaban J connectivity index is 1.64. The van der Waals surface area contributed by atoms with Crippen LogP contribution in [-0.2, 0) is 47.4 Å². The fraction of sp³-hybridized carbons (Fsp3) is 0.786. The van der Waals surface area contributed by atoms with Crippen molar-refractivity contribution in [3.63, 3.8) is 0 Å². The number of nitrogen functional groups attached to an aromatic ring is 1. The van der Waals surface area contributed by atoms with E-state index in [-0.39, 0.29) is 6.61 Å². The number of hydrogen-bond acceptors (Lipinski definition) is 12. The first kappa shape index (κ1) is 37.4. The van der Waals surface area contributed by atoms with Crippen molar-refractivity contribution in [2.45, 2.75) is 0 Å². The third-order valence-electron chi connectivity index (χ3n) is 4.97. The number of benzene rings is 1. The summed E-state index contributed by atoms with van der Waals surface area (Å²) < 4.78 is 71.1. The van der Waals surface area contributed by atoms with Crippen molar-refractivity contribution in [2.24, 2.45) is 0 Å². The summed E-state index contributed by atoms with van der Waals surface area (Å²) in [5, 5.41) is 0. The summed E-state index contributed by atoms with van der Waals surface area (Å²) in [4.78, 5) is 0. The second kappa shape index (κ2) is 31.3. The highest BCUT2D eigenvalue weighted by molar-refractivity contribution is 5.51. The minimum absolute atomic E-state index is 0.113. The van der Waals surface area contributed by atoms with Gasteiger partial charge in [-0.05, 0) is 12.1 Å². The van der Waals surface area contributed by atoms with E-state index in [9.17, 15) is 4.39 Å². The molecule has 41 heavy (non-hydrogen) atoms. The monoisotopic (exact) mass is 595 g/mol. The number of alkyl halides is 1. The van der Waals surface area contributed by atoms with Gasteiger partial charge in [0, 0.05) is 0 Å². The van der Waals surface area contributed by atoms with Crippen LogP contribution in [0.15, 0.2) is 24.3 Å². The summed E-state index contributed by atoms with van der Waals surface area (Å²) in [5.74, 6) is 0.666. The maximum atomic E-state index is 11.8. The average Bonchev–Trinajstić information content (AvgIpc) is 2.98. The lowest BCUT2D eigenvalue weighted by molar-refractivity contribution is -0.0268. The minimum atomic E-state index is -0.475. The van der Waals surface area contributed by atoms with E-state index in [2.05, 4.69) is 0 Å². The van der Waals surface area contributed by atoms with Gasteiger partial charge in [0.2, 0.25) is 0 Å². The zero-order valence-corrected chi connectivity index (χ0v) is 24.3. The number of hydrogen-bond donors (Lipinski definition) is 1. The van der Waals surface area contributed by atoms with Crippen LogP contribution in [0.25, 0.3) is 0 Å². The average molecular weight is 596 g/mol. The highest BCUT2D eigenvalue weighted by Gasteiger charge is 1.99. The Hall–Kier alpha value is -1.65. The lowest BCUT2D eigenvalue weighted by Gasteiger charge is -2.09. The van der Waals surface area contributed by atoms with E-state index in [1.165, 1.54) is 0 Å². The van der Waals surface area contributed by atoms with E-state index >= 15 is 0 Å². The molecular weight excluding hydrogens is 545 g/mol. The number of ether oxygens (including phenoxy) is 11. The molecule has 0 saturated carbocycles. The highest BCUT2D eigenvalue weighted by Crippen LogP contribution is 2.19. The number of anilines is 1. The van der Waals surface area contributed by atoms with Crippen LogP contribution in [0.2, 0.25) is 0 Å². The summed E-state index contributed by atoms with van der Waals surface area (Å²) in [6, 6.07) is 7.37. The Morgan fingerprint density at radius 1 is 0.390 bits per heavy atom. The molecule has 0 aliphatic heterocycles. The van der Waals surface area contributed by atoms with Crippen LogP contribution in [0, 0.1) is 0 Å². The minimum Gasteiger partial charge on any atom is -0.489 e. The zero-order chi connectivity index (χ0) is 29.3. The lowest BCUT2D eigenvalue weighted by Crippen LogP contribution is -2.15. The Labute approximate surface area is 243 Å². The number of rotatable bonds is 33. The standard InChI is InChI=1S/C28H50FNO11/c29-5-6-31-7-8-32-9-10-33-11-12-34-13-14-35-15-16-36-17-18-37-19-20-38-21-22-39-23-24-40-25-26-41-28-4-2-1-3-27(28)30/h1-4H,5-26,30H2. The number of halogens is 1. The van der Waals surface area contributed by atoms with E-state index in [0.717, 1.165) is 0 Å². The quantitative estimate of drug-likeness (QED) is 0.0940. The highest BCUT2D eigenvalue weighted by atomic mass is 19.1. The van der Waals surface area contributed by atoms with Crippen molar-refractivity contribution in [2.75, 3.05) is 151 Å². The molecule has 0 aliphatic carbocycles. The molecule has 0 amide bonds. The molecule has 12 nitrogen and oxygen atoms in total. The molecule has 1 rings (SSSR count). The van der Waals surface area contributed by atoms with Gasteiger partial charge >= 0.3 is 0 Å². The summed E-state index contributed by atoms with van der Waals surface area (Å²) in [6.07, 6.45) is 0. The Bertz CT molecular complexity index is 663. The zero-order valence-electron chi connectivity index (χ0n) is 24.3. The van der Waals surface area contributed by atoms with Crippen LogP contribution in [0.1, 0.15) is 0 Å². The van der Waals surface area contributed by atoms with Gasteiger partial charge in [-0.25, -0.2) is 4.39 Å². The van der Waals surface area contributed by atoms with Gasteiger partial charge in [-0.3, -0.25) is 0 Å². The van der Waals surface area contributed by atoms with E-state index in [4.69, 9.17) is 57.8 Å².